The number of hydrogen-bond donors (Lipinski definition) is 1. The minimum Gasteiger partial charge on any atom is -0.463 e. The number of esters is 1. The Balaban J connectivity index is 3.17. The Morgan fingerprint density at radius 3 is 2.39 bits per heavy atom. The fraction of sp³-hybridized carbons (Fsp3) is 0.769. The van der Waals surface area contributed by atoms with Gasteiger partial charge in [-0.2, -0.15) is 0 Å². The first-order chi connectivity index (χ1) is 8.81. The first kappa shape index (κ1) is 17.1. The van der Waals surface area contributed by atoms with Gasteiger partial charge in [-0.1, -0.05) is 19.1 Å². The third kappa shape index (κ3) is 13.2. The molecule has 0 bridgehead atoms. The van der Waals surface area contributed by atoms with E-state index in [2.05, 4.69) is 6.92 Å². The van der Waals surface area contributed by atoms with Gasteiger partial charge in [-0.3, -0.25) is 4.79 Å². The quantitative estimate of drug-likeness (QED) is 0.325. The Labute approximate surface area is 109 Å². The van der Waals surface area contributed by atoms with Crippen LogP contribution in [0.3, 0.4) is 0 Å². The zero-order valence-corrected chi connectivity index (χ0v) is 11.1. The molecule has 0 fully saturated rings. The van der Waals surface area contributed by atoms with Crippen LogP contribution in [0.4, 0.5) is 0 Å². The Bertz CT molecular complexity index is 215. The molecule has 0 aliphatic carbocycles. The SMILES string of the molecule is CC/C=C\CCC(=O)OCCOCCOCCO. The van der Waals surface area contributed by atoms with E-state index in [0.29, 0.717) is 32.8 Å². The Morgan fingerprint density at radius 1 is 1.06 bits per heavy atom. The number of carbonyl (C=O) groups excluding carboxylic acids is 1. The summed E-state index contributed by atoms with van der Waals surface area (Å²) < 4.78 is 15.1. The summed E-state index contributed by atoms with van der Waals surface area (Å²) in [6.45, 7) is 3.92. The van der Waals surface area contributed by atoms with Crippen LogP contribution in [-0.4, -0.2) is 50.7 Å². The first-order valence-electron chi connectivity index (χ1n) is 6.38. The van der Waals surface area contributed by atoms with Gasteiger partial charge in [0, 0.05) is 6.42 Å². The van der Waals surface area contributed by atoms with Crippen molar-refractivity contribution in [3.63, 3.8) is 0 Å². The highest BCUT2D eigenvalue weighted by atomic mass is 16.6. The molecule has 0 aromatic rings. The number of aliphatic hydroxyl groups excluding tert-OH is 1. The molecule has 5 heteroatoms. The van der Waals surface area contributed by atoms with Gasteiger partial charge >= 0.3 is 5.97 Å². The van der Waals surface area contributed by atoms with Gasteiger partial charge in [0.15, 0.2) is 0 Å². The lowest BCUT2D eigenvalue weighted by Gasteiger charge is -2.06. The predicted octanol–water partition coefficient (Wildman–Crippen LogP) is 1.30. The third-order valence-corrected chi connectivity index (χ3v) is 2.02. The lowest BCUT2D eigenvalue weighted by atomic mass is 10.3. The minimum absolute atomic E-state index is 0.0179. The maximum atomic E-state index is 11.2. The van der Waals surface area contributed by atoms with E-state index in [1.165, 1.54) is 0 Å². The van der Waals surface area contributed by atoms with Gasteiger partial charge in [0.1, 0.15) is 6.61 Å². The van der Waals surface area contributed by atoms with Crippen LogP contribution < -0.4 is 0 Å². The van der Waals surface area contributed by atoms with Crippen LogP contribution in [0.1, 0.15) is 26.2 Å². The van der Waals surface area contributed by atoms with Crippen molar-refractivity contribution in [2.24, 2.45) is 0 Å². The Morgan fingerprint density at radius 2 is 1.72 bits per heavy atom. The zero-order valence-electron chi connectivity index (χ0n) is 11.1. The standard InChI is InChI=1S/C13H24O5/c1-2-3-4-5-6-13(15)18-12-11-17-10-9-16-8-7-14/h3-4,14H,2,5-12H2,1H3/b4-3-. The lowest BCUT2D eigenvalue weighted by Crippen LogP contribution is -2.13. The van der Waals surface area contributed by atoms with E-state index in [1.807, 2.05) is 12.2 Å². The van der Waals surface area contributed by atoms with E-state index in [1.54, 1.807) is 0 Å². The van der Waals surface area contributed by atoms with Crippen molar-refractivity contribution in [1.29, 1.82) is 0 Å². The molecule has 0 rings (SSSR count). The molecule has 1 N–H and O–H groups in total. The summed E-state index contributed by atoms with van der Waals surface area (Å²) >= 11 is 0. The molecule has 0 saturated heterocycles. The Hall–Kier alpha value is -0.910. The second kappa shape index (κ2) is 14.2. The van der Waals surface area contributed by atoms with Crippen molar-refractivity contribution in [2.45, 2.75) is 26.2 Å². The maximum Gasteiger partial charge on any atom is 0.306 e. The molecule has 0 aromatic carbocycles. The summed E-state index contributed by atoms with van der Waals surface area (Å²) in [4.78, 5) is 11.2. The molecule has 0 spiro atoms. The summed E-state index contributed by atoms with van der Waals surface area (Å²) in [6, 6.07) is 0. The lowest BCUT2D eigenvalue weighted by molar-refractivity contribution is -0.145. The van der Waals surface area contributed by atoms with Crippen molar-refractivity contribution in [2.75, 3.05) is 39.6 Å². The van der Waals surface area contributed by atoms with Crippen LogP contribution in [-0.2, 0) is 19.0 Å². The summed E-state index contributed by atoms with van der Waals surface area (Å²) in [6.07, 6.45) is 6.14. The van der Waals surface area contributed by atoms with Crippen molar-refractivity contribution in [3.05, 3.63) is 12.2 Å². The summed E-state index contributed by atoms with van der Waals surface area (Å²) in [5.74, 6) is -0.198. The van der Waals surface area contributed by atoms with E-state index in [9.17, 15) is 4.79 Å². The molecule has 0 aromatic heterocycles. The number of ether oxygens (including phenoxy) is 3. The van der Waals surface area contributed by atoms with E-state index >= 15 is 0 Å². The molecule has 0 amide bonds. The molecule has 0 aliphatic rings. The van der Waals surface area contributed by atoms with Crippen molar-refractivity contribution in [1.82, 2.24) is 0 Å². The molecule has 0 aliphatic heterocycles. The van der Waals surface area contributed by atoms with Gasteiger partial charge in [0.25, 0.3) is 0 Å². The first-order valence-corrected chi connectivity index (χ1v) is 6.38. The van der Waals surface area contributed by atoms with Gasteiger partial charge in [-0.15, -0.1) is 0 Å². The summed E-state index contributed by atoms with van der Waals surface area (Å²) in [5, 5.41) is 8.44. The second-order valence-electron chi connectivity index (χ2n) is 3.59. The van der Waals surface area contributed by atoms with E-state index < -0.39 is 0 Å². The maximum absolute atomic E-state index is 11.2. The summed E-state index contributed by atoms with van der Waals surface area (Å²) in [5.41, 5.74) is 0. The van der Waals surface area contributed by atoms with Crippen LogP contribution in [0, 0.1) is 0 Å². The monoisotopic (exact) mass is 260 g/mol. The van der Waals surface area contributed by atoms with Crippen molar-refractivity contribution in [3.8, 4) is 0 Å². The van der Waals surface area contributed by atoms with Crippen LogP contribution >= 0.6 is 0 Å². The highest BCUT2D eigenvalue weighted by Crippen LogP contribution is 1.95. The molecule has 0 unspecified atom stereocenters. The van der Waals surface area contributed by atoms with Crippen molar-refractivity contribution < 1.29 is 24.1 Å². The van der Waals surface area contributed by atoms with Crippen LogP contribution in [0.5, 0.6) is 0 Å². The van der Waals surface area contributed by atoms with E-state index in [4.69, 9.17) is 19.3 Å². The molecule has 0 atom stereocenters. The highest BCUT2D eigenvalue weighted by molar-refractivity contribution is 5.69. The van der Waals surface area contributed by atoms with Crippen LogP contribution in [0.2, 0.25) is 0 Å². The molecule has 0 radical (unpaired) electrons. The molecule has 106 valence electrons. The number of rotatable bonds is 12. The normalized spacial score (nSPS) is 11.0. The van der Waals surface area contributed by atoms with Gasteiger partial charge in [0.2, 0.25) is 0 Å². The molecular formula is C13H24O5. The number of aliphatic hydroxyl groups is 1. The minimum atomic E-state index is -0.198. The fourth-order valence-electron chi connectivity index (χ4n) is 1.16. The van der Waals surface area contributed by atoms with E-state index in [-0.39, 0.29) is 19.2 Å². The van der Waals surface area contributed by atoms with Gasteiger partial charge in [0.05, 0.1) is 33.0 Å². The van der Waals surface area contributed by atoms with Gasteiger partial charge in [-0.25, -0.2) is 0 Å². The molecule has 18 heavy (non-hydrogen) atoms. The van der Waals surface area contributed by atoms with E-state index in [0.717, 1.165) is 12.8 Å². The number of allylic oxidation sites excluding steroid dienone is 2. The topological polar surface area (TPSA) is 65.0 Å². The Kier molecular flexibility index (Phi) is 13.4. The summed E-state index contributed by atoms with van der Waals surface area (Å²) in [7, 11) is 0. The largest absolute Gasteiger partial charge is 0.463 e. The smallest absolute Gasteiger partial charge is 0.306 e. The fourth-order valence-corrected chi connectivity index (χ4v) is 1.16. The second-order valence-corrected chi connectivity index (χ2v) is 3.59. The van der Waals surface area contributed by atoms with Crippen LogP contribution in [0.15, 0.2) is 12.2 Å². The molecule has 0 saturated carbocycles. The number of hydrogen-bond acceptors (Lipinski definition) is 5. The van der Waals surface area contributed by atoms with Crippen molar-refractivity contribution >= 4 is 5.97 Å². The van der Waals surface area contributed by atoms with Crippen LogP contribution in [0.25, 0.3) is 0 Å². The van der Waals surface area contributed by atoms with Gasteiger partial charge in [-0.05, 0) is 12.8 Å². The third-order valence-electron chi connectivity index (χ3n) is 2.02. The average molecular weight is 260 g/mol. The number of carbonyl (C=O) groups is 1. The predicted molar refractivity (Wildman–Crippen MR) is 68.3 cm³/mol. The molecule has 0 heterocycles. The zero-order chi connectivity index (χ0) is 13.5. The highest BCUT2D eigenvalue weighted by Gasteiger charge is 2.00. The molecular weight excluding hydrogens is 236 g/mol. The average Bonchev–Trinajstić information content (AvgIpc) is 2.38. The van der Waals surface area contributed by atoms with Gasteiger partial charge < -0.3 is 19.3 Å². The molecule has 5 nitrogen and oxygen atoms in total.